The van der Waals surface area contributed by atoms with Gasteiger partial charge in [0.05, 0.1) is 17.3 Å². The molecule has 1 unspecified atom stereocenters. The average Bonchev–Trinajstić information content (AvgIpc) is 2.48. The third kappa shape index (κ3) is 3.40. The summed E-state index contributed by atoms with van der Waals surface area (Å²) < 4.78 is 0. The second-order valence-electron chi connectivity index (χ2n) is 4.60. The molecule has 0 aliphatic heterocycles. The van der Waals surface area contributed by atoms with Crippen LogP contribution in [0.5, 0.6) is 0 Å². The van der Waals surface area contributed by atoms with Crippen LogP contribution < -0.4 is 5.32 Å². The number of aromatic nitrogens is 1. The summed E-state index contributed by atoms with van der Waals surface area (Å²) in [5.74, 6) is 0. The molecular formula is C16H17N3. The van der Waals surface area contributed by atoms with E-state index in [9.17, 15) is 0 Å². The van der Waals surface area contributed by atoms with Crippen LogP contribution in [0.4, 0.5) is 0 Å². The molecule has 3 nitrogen and oxygen atoms in total. The number of nitriles is 1. The van der Waals surface area contributed by atoms with Gasteiger partial charge in [-0.15, -0.1) is 0 Å². The summed E-state index contributed by atoms with van der Waals surface area (Å²) in [6.07, 6.45) is 1.80. The smallest absolute Gasteiger partial charge is 0.0991 e. The lowest BCUT2D eigenvalue weighted by Crippen LogP contribution is -2.23. The van der Waals surface area contributed by atoms with Crippen molar-refractivity contribution in [2.24, 2.45) is 0 Å². The lowest BCUT2D eigenvalue weighted by molar-refractivity contribution is 0.486. The minimum absolute atomic E-state index is 0.168. The highest BCUT2D eigenvalue weighted by Crippen LogP contribution is 2.18. The summed E-state index contributed by atoms with van der Waals surface area (Å²) in [7, 11) is 0. The zero-order valence-electron chi connectivity index (χ0n) is 11.2. The Morgan fingerprint density at radius 3 is 2.63 bits per heavy atom. The maximum Gasteiger partial charge on any atom is 0.0991 e. The summed E-state index contributed by atoms with van der Waals surface area (Å²) in [6, 6.07) is 16.1. The van der Waals surface area contributed by atoms with Crippen LogP contribution in [0.1, 0.15) is 42.8 Å². The van der Waals surface area contributed by atoms with Crippen molar-refractivity contribution >= 4 is 0 Å². The van der Waals surface area contributed by atoms with Gasteiger partial charge in [0, 0.05) is 18.3 Å². The van der Waals surface area contributed by atoms with E-state index in [4.69, 9.17) is 5.26 Å². The van der Waals surface area contributed by atoms with Gasteiger partial charge in [0.2, 0.25) is 0 Å². The van der Waals surface area contributed by atoms with E-state index in [1.54, 1.807) is 6.20 Å². The molecule has 0 aliphatic carbocycles. The summed E-state index contributed by atoms with van der Waals surface area (Å²) in [4.78, 5) is 4.34. The standard InChI is InChI=1S/C16H17N3/c1-12(15-7-5-6-14(10-15)11-17)19-13(2)16-8-3-4-9-18-16/h3-10,12-13,19H,1-2H3/t12?,13-/m1/s1. The SMILES string of the molecule is CC(N[C@H](C)c1ccccn1)c1cccc(C#N)c1. The van der Waals surface area contributed by atoms with E-state index in [1.807, 2.05) is 42.5 Å². The van der Waals surface area contributed by atoms with Gasteiger partial charge >= 0.3 is 0 Å². The fourth-order valence-corrected chi connectivity index (χ4v) is 2.07. The third-order valence-corrected chi connectivity index (χ3v) is 3.15. The summed E-state index contributed by atoms with van der Waals surface area (Å²) in [6.45, 7) is 4.18. The van der Waals surface area contributed by atoms with Crippen LogP contribution in [0.3, 0.4) is 0 Å². The Kier molecular flexibility index (Phi) is 4.27. The Balaban J connectivity index is 2.08. The van der Waals surface area contributed by atoms with Crippen LogP contribution in [0.25, 0.3) is 0 Å². The van der Waals surface area contributed by atoms with Crippen molar-refractivity contribution in [1.29, 1.82) is 5.26 Å². The van der Waals surface area contributed by atoms with Crippen molar-refractivity contribution in [2.45, 2.75) is 25.9 Å². The van der Waals surface area contributed by atoms with Crippen molar-refractivity contribution in [3.05, 3.63) is 65.5 Å². The summed E-state index contributed by atoms with van der Waals surface area (Å²) in [5.41, 5.74) is 2.82. The van der Waals surface area contributed by atoms with Crippen molar-refractivity contribution < 1.29 is 0 Å². The lowest BCUT2D eigenvalue weighted by Gasteiger charge is -2.20. The van der Waals surface area contributed by atoms with Crippen LogP contribution in [-0.4, -0.2) is 4.98 Å². The molecule has 3 heteroatoms. The topological polar surface area (TPSA) is 48.7 Å². The van der Waals surface area contributed by atoms with E-state index < -0.39 is 0 Å². The predicted molar refractivity (Wildman–Crippen MR) is 75.4 cm³/mol. The molecule has 0 amide bonds. The molecule has 0 radical (unpaired) electrons. The minimum Gasteiger partial charge on any atom is -0.302 e. The molecule has 1 aromatic carbocycles. The highest BCUT2D eigenvalue weighted by molar-refractivity contribution is 5.34. The third-order valence-electron chi connectivity index (χ3n) is 3.15. The number of pyridine rings is 1. The van der Waals surface area contributed by atoms with Crippen molar-refractivity contribution in [2.75, 3.05) is 0 Å². The van der Waals surface area contributed by atoms with Crippen LogP contribution in [0, 0.1) is 11.3 Å². The first-order valence-corrected chi connectivity index (χ1v) is 6.37. The highest BCUT2D eigenvalue weighted by atomic mass is 15.0. The van der Waals surface area contributed by atoms with E-state index in [1.165, 1.54) is 0 Å². The van der Waals surface area contributed by atoms with E-state index in [-0.39, 0.29) is 12.1 Å². The Morgan fingerprint density at radius 1 is 1.11 bits per heavy atom. The van der Waals surface area contributed by atoms with Crippen LogP contribution in [-0.2, 0) is 0 Å². The monoisotopic (exact) mass is 251 g/mol. The summed E-state index contributed by atoms with van der Waals surface area (Å²) >= 11 is 0. The zero-order valence-corrected chi connectivity index (χ0v) is 11.2. The quantitative estimate of drug-likeness (QED) is 0.906. The average molecular weight is 251 g/mol. The molecular weight excluding hydrogens is 234 g/mol. The molecule has 0 bridgehead atoms. The molecule has 1 heterocycles. The maximum absolute atomic E-state index is 8.92. The number of nitrogens with one attached hydrogen (secondary N) is 1. The van der Waals surface area contributed by atoms with Crippen LogP contribution in [0.2, 0.25) is 0 Å². The lowest BCUT2D eigenvalue weighted by atomic mass is 10.0. The van der Waals surface area contributed by atoms with Gasteiger partial charge in [-0.25, -0.2) is 0 Å². The van der Waals surface area contributed by atoms with Gasteiger partial charge in [0.15, 0.2) is 0 Å². The fourth-order valence-electron chi connectivity index (χ4n) is 2.07. The Morgan fingerprint density at radius 2 is 1.95 bits per heavy atom. The predicted octanol–water partition coefficient (Wildman–Crippen LogP) is 3.37. The summed E-state index contributed by atoms with van der Waals surface area (Å²) in [5, 5.41) is 12.4. The second kappa shape index (κ2) is 6.12. The number of benzene rings is 1. The molecule has 96 valence electrons. The van der Waals surface area contributed by atoms with Gasteiger partial charge in [-0.1, -0.05) is 18.2 Å². The molecule has 2 atom stereocenters. The number of hydrogen-bond acceptors (Lipinski definition) is 3. The Hall–Kier alpha value is -2.18. The van der Waals surface area contributed by atoms with E-state index >= 15 is 0 Å². The largest absolute Gasteiger partial charge is 0.302 e. The van der Waals surface area contributed by atoms with E-state index in [0.29, 0.717) is 5.56 Å². The first-order chi connectivity index (χ1) is 9.20. The second-order valence-corrected chi connectivity index (χ2v) is 4.60. The molecule has 0 aliphatic rings. The fraction of sp³-hybridized carbons (Fsp3) is 0.250. The number of nitrogens with zero attached hydrogens (tertiary/aromatic N) is 2. The minimum atomic E-state index is 0.168. The van der Waals surface area contributed by atoms with Crippen molar-refractivity contribution in [3.63, 3.8) is 0 Å². The number of hydrogen-bond donors (Lipinski definition) is 1. The van der Waals surface area contributed by atoms with Crippen LogP contribution in [0.15, 0.2) is 48.7 Å². The first-order valence-electron chi connectivity index (χ1n) is 6.37. The molecule has 0 saturated heterocycles. The Bertz CT molecular complexity index is 572. The van der Waals surface area contributed by atoms with Gasteiger partial charge in [0.1, 0.15) is 0 Å². The molecule has 2 aromatic rings. The molecule has 0 spiro atoms. The van der Waals surface area contributed by atoms with Crippen molar-refractivity contribution in [3.8, 4) is 6.07 Å². The number of rotatable bonds is 4. The molecule has 2 rings (SSSR count). The van der Waals surface area contributed by atoms with Gasteiger partial charge in [-0.05, 0) is 43.7 Å². The Labute approximate surface area is 113 Å². The van der Waals surface area contributed by atoms with Crippen LogP contribution >= 0.6 is 0 Å². The molecule has 0 saturated carbocycles. The van der Waals surface area contributed by atoms with Gasteiger partial charge in [-0.3, -0.25) is 4.98 Å². The molecule has 19 heavy (non-hydrogen) atoms. The molecule has 1 N–H and O–H groups in total. The van der Waals surface area contributed by atoms with Gasteiger partial charge < -0.3 is 5.32 Å². The molecule has 0 fully saturated rings. The first kappa shape index (κ1) is 13.3. The van der Waals surface area contributed by atoms with Gasteiger partial charge in [-0.2, -0.15) is 5.26 Å². The van der Waals surface area contributed by atoms with Crippen molar-refractivity contribution in [1.82, 2.24) is 10.3 Å². The van der Waals surface area contributed by atoms with E-state index in [0.717, 1.165) is 11.3 Å². The normalized spacial score (nSPS) is 13.5. The molecule has 1 aromatic heterocycles. The van der Waals surface area contributed by atoms with Gasteiger partial charge in [0.25, 0.3) is 0 Å². The van der Waals surface area contributed by atoms with E-state index in [2.05, 4.69) is 30.2 Å². The highest BCUT2D eigenvalue weighted by Gasteiger charge is 2.12. The zero-order chi connectivity index (χ0) is 13.7. The maximum atomic E-state index is 8.92.